The monoisotopic (exact) mass is 203 g/mol. The van der Waals surface area contributed by atoms with E-state index in [0.717, 1.165) is 6.42 Å². The second-order valence-electron chi connectivity index (χ2n) is 3.17. The van der Waals surface area contributed by atoms with Crippen molar-refractivity contribution in [3.63, 3.8) is 0 Å². The Labute approximate surface area is 89.3 Å². The molecule has 78 valence electrons. The Morgan fingerprint density at radius 2 is 2.33 bits per heavy atom. The van der Waals surface area contributed by atoms with Gasteiger partial charge in [0.2, 0.25) is 0 Å². The number of carbonyl (C=O) groups excluding carboxylic acids is 1. The fourth-order valence-corrected chi connectivity index (χ4v) is 1.15. The summed E-state index contributed by atoms with van der Waals surface area (Å²) in [5.41, 5.74) is 1.03. The topological polar surface area (TPSA) is 50.1 Å². The Balaban J connectivity index is 2.62. The van der Waals surface area contributed by atoms with Crippen molar-refractivity contribution in [3.05, 3.63) is 35.4 Å². The van der Waals surface area contributed by atoms with Crippen molar-refractivity contribution in [2.75, 3.05) is 13.2 Å². The Morgan fingerprint density at radius 3 is 3.00 bits per heavy atom. The lowest BCUT2D eigenvalue weighted by Crippen LogP contribution is -2.09. The van der Waals surface area contributed by atoms with Crippen LogP contribution in [0.1, 0.15) is 29.3 Å². The van der Waals surface area contributed by atoms with Crippen LogP contribution < -0.4 is 0 Å². The minimum Gasteiger partial charge on any atom is -0.373 e. The molecule has 0 fully saturated rings. The summed E-state index contributed by atoms with van der Waals surface area (Å²) in [6.45, 7) is 2.66. The zero-order valence-corrected chi connectivity index (χ0v) is 8.69. The maximum atomic E-state index is 11.6. The van der Waals surface area contributed by atoms with Crippen molar-refractivity contribution in [2.24, 2.45) is 0 Å². The average molecular weight is 203 g/mol. The molecule has 0 spiro atoms. The molecular weight excluding hydrogens is 190 g/mol. The van der Waals surface area contributed by atoms with E-state index in [-0.39, 0.29) is 12.4 Å². The van der Waals surface area contributed by atoms with Crippen molar-refractivity contribution < 1.29 is 9.53 Å². The quantitative estimate of drug-likeness (QED) is 0.544. The summed E-state index contributed by atoms with van der Waals surface area (Å²) in [7, 11) is 0. The van der Waals surface area contributed by atoms with Crippen molar-refractivity contribution in [2.45, 2.75) is 13.3 Å². The molecule has 0 N–H and O–H groups in total. The molecule has 0 amide bonds. The molecule has 0 aliphatic rings. The number of carbonyl (C=O) groups is 1. The zero-order chi connectivity index (χ0) is 11.1. The summed E-state index contributed by atoms with van der Waals surface area (Å²) in [5.74, 6) is -0.0828. The van der Waals surface area contributed by atoms with Crippen LogP contribution in [0.4, 0.5) is 0 Å². The van der Waals surface area contributed by atoms with E-state index < -0.39 is 0 Å². The van der Waals surface area contributed by atoms with Crippen LogP contribution in [0.5, 0.6) is 0 Å². The van der Waals surface area contributed by atoms with Gasteiger partial charge in [0, 0.05) is 12.2 Å². The molecule has 0 bridgehead atoms. The summed E-state index contributed by atoms with van der Waals surface area (Å²) in [6, 6.07) is 8.64. The van der Waals surface area contributed by atoms with E-state index in [0.29, 0.717) is 17.7 Å². The lowest BCUT2D eigenvalue weighted by atomic mass is 10.1. The molecule has 0 aromatic heterocycles. The van der Waals surface area contributed by atoms with Gasteiger partial charge in [0.15, 0.2) is 5.78 Å². The van der Waals surface area contributed by atoms with Crippen molar-refractivity contribution in [1.82, 2.24) is 0 Å². The lowest BCUT2D eigenvalue weighted by molar-refractivity contribution is 0.0761. The van der Waals surface area contributed by atoms with Crippen LogP contribution >= 0.6 is 0 Å². The predicted molar refractivity (Wildman–Crippen MR) is 56.6 cm³/mol. The lowest BCUT2D eigenvalue weighted by Gasteiger charge is -2.02. The van der Waals surface area contributed by atoms with E-state index in [1.165, 1.54) is 0 Å². The number of benzene rings is 1. The molecule has 0 aliphatic carbocycles. The number of nitriles is 1. The van der Waals surface area contributed by atoms with Gasteiger partial charge < -0.3 is 4.74 Å². The smallest absolute Gasteiger partial charge is 0.188 e. The van der Waals surface area contributed by atoms with Crippen molar-refractivity contribution in [1.29, 1.82) is 5.26 Å². The molecule has 15 heavy (non-hydrogen) atoms. The van der Waals surface area contributed by atoms with Crippen LogP contribution in [0.2, 0.25) is 0 Å². The van der Waals surface area contributed by atoms with Crippen LogP contribution in [0.15, 0.2) is 24.3 Å². The molecule has 0 saturated heterocycles. The summed E-state index contributed by atoms with van der Waals surface area (Å²) in [4.78, 5) is 11.6. The van der Waals surface area contributed by atoms with Gasteiger partial charge in [-0.15, -0.1) is 0 Å². The van der Waals surface area contributed by atoms with Crippen LogP contribution in [0, 0.1) is 11.3 Å². The number of Topliss-reactive ketones (excluding diaryl/α,β-unsaturated/α-hetero) is 1. The molecule has 0 saturated carbocycles. The number of ketones is 1. The zero-order valence-electron chi connectivity index (χ0n) is 8.69. The molecular formula is C12H13NO2. The third kappa shape index (κ3) is 3.53. The largest absolute Gasteiger partial charge is 0.373 e. The fourth-order valence-electron chi connectivity index (χ4n) is 1.15. The van der Waals surface area contributed by atoms with E-state index in [1.807, 2.05) is 13.0 Å². The summed E-state index contributed by atoms with van der Waals surface area (Å²) < 4.78 is 5.14. The van der Waals surface area contributed by atoms with Gasteiger partial charge in [-0.25, -0.2) is 0 Å². The average Bonchev–Trinajstić information content (AvgIpc) is 2.29. The van der Waals surface area contributed by atoms with Gasteiger partial charge in [0.1, 0.15) is 6.61 Å². The van der Waals surface area contributed by atoms with E-state index in [9.17, 15) is 4.79 Å². The number of hydrogen-bond acceptors (Lipinski definition) is 3. The fraction of sp³-hybridized carbons (Fsp3) is 0.333. The van der Waals surface area contributed by atoms with Gasteiger partial charge in [0.05, 0.1) is 11.6 Å². The van der Waals surface area contributed by atoms with Gasteiger partial charge in [-0.3, -0.25) is 4.79 Å². The molecule has 0 aliphatic heterocycles. The molecule has 0 radical (unpaired) electrons. The highest BCUT2D eigenvalue weighted by Crippen LogP contribution is 2.05. The molecule has 0 atom stereocenters. The van der Waals surface area contributed by atoms with Crippen molar-refractivity contribution >= 4 is 5.78 Å². The normalized spacial score (nSPS) is 9.60. The van der Waals surface area contributed by atoms with Gasteiger partial charge in [-0.1, -0.05) is 19.1 Å². The van der Waals surface area contributed by atoms with Gasteiger partial charge in [0.25, 0.3) is 0 Å². The number of rotatable bonds is 5. The van der Waals surface area contributed by atoms with Crippen LogP contribution in [-0.4, -0.2) is 19.0 Å². The second-order valence-corrected chi connectivity index (χ2v) is 3.17. The molecule has 0 heterocycles. The minimum absolute atomic E-state index is 0.0828. The molecule has 3 heteroatoms. The standard InChI is InChI=1S/C12H13NO2/c1-2-6-15-9-12(14)11-5-3-4-10(7-11)8-13/h3-5,7H,2,6,9H2,1H3. The molecule has 1 aromatic rings. The number of nitrogens with zero attached hydrogens (tertiary/aromatic N) is 1. The second kappa shape index (κ2) is 5.94. The third-order valence-corrected chi connectivity index (χ3v) is 1.90. The van der Waals surface area contributed by atoms with Crippen LogP contribution in [0.3, 0.4) is 0 Å². The number of ether oxygens (including phenoxy) is 1. The molecule has 3 nitrogen and oxygen atoms in total. The van der Waals surface area contributed by atoms with Crippen LogP contribution in [0.25, 0.3) is 0 Å². The first kappa shape index (κ1) is 11.4. The molecule has 0 unspecified atom stereocenters. The molecule has 1 rings (SSSR count). The Kier molecular flexibility index (Phi) is 4.52. The van der Waals surface area contributed by atoms with Gasteiger partial charge >= 0.3 is 0 Å². The van der Waals surface area contributed by atoms with Gasteiger partial charge in [-0.2, -0.15) is 5.26 Å². The highest BCUT2D eigenvalue weighted by molar-refractivity contribution is 5.97. The van der Waals surface area contributed by atoms with Crippen molar-refractivity contribution in [3.8, 4) is 6.07 Å². The van der Waals surface area contributed by atoms with E-state index >= 15 is 0 Å². The maximum Gasteiger partial charge on any atom is 0.188 e. The number of hydrogen-bond donors (Lipinski definition) is 0. The van der Waals surface area contributed by atoms with Crippen LogP contribution in [-0.2, 0) is 4.74 Å². The maximum absolute atomic E-state index is 11.6. The SMILES string of the molecule is CCCOCC(=O)c1cccc(C#N)c1. The van der Waals surface area contributed by atoms with Gasteiger partial charge in [-0.05, 0) is 18.6 Å². The first-order chi connectivity index (χ1) is 7.27. The Hall–Kier alpha value is -1.66. The first-order valence-corrected chi connectivity index (χ1v) is 4.89. The Morgan fingerprint density at radius 1 is 1.53 bits per heavy atom. The van der Waals surface area contributed by atoms with E-state index in [4.69, 9.17) is 10.00 Å². The summed E-state index contributed by atoms with van der Waals surface area (Å²) >= 11 is 0. The highest BCUT2D eigenvalue weighted by atomic mass is 16.5. The predicted octanol–water partition coefficient (Wildman–Crippen LogP) is 2.17. The molecule has 1 aromatic carbocycles. The van der Waals surface area contributed by atoms with E-state index in [2.05, 4.69) is 0 Å². The summed E-state index contributed by atoms with van der Waals surface area (Å²) in [5, 5.41) is 8.67. The highest BCUT2D eigenvalue weighted by Gasteiger charge is 2.05. The minimum atomic E-state index is -0.0828. The first-order valence-electron chi connectivity index (χ1n) is 4.89. The third-order valence-electron chi connectivity index (χ3n) is 1.90. The summed E-state index contributed by atoms with van der Waals surface area (Å²) in [6.07, 6.45) is 0.894. The Bertz CT molecular complexity index is 379. The van der Waals surface area contributed by atoms with E-state index in [1.54, 1.807) is 24.3 Å².